The molecule has 2 N–H and O–H groups in total. The molecule has 2 aliphatic rings. The Kier molecular flexibility index (Phi) is 3.83. The van der Waals surface area contributed by atoms with Gasteiger partial charge in [-0.05, 0) is 37.3 Å². The Balaban J connectivity index is 1.80. The maximum Gasteiger partial charge on any atom is 0.325 e. The van der Waals surface area contributed by atoms with E-state index in [-0.39, 0.29) is 24.4 Å². The zero-order valence-corrected chi connectivity index (χ0v) is 13.4. The molecule has 1 aliphatic carbocycles. The first-order valence-corrected chi connectivity index (χ1v) is 8.00. The zero-order valence-electron chi connectivity index (χ0n) is 13.4. The molecule has 2 unspecified atom stereocenters. The van der Waals surface area contributed by atoms with E-state index in [1.807, 2.05) is 38.1 Å². The van der Waals surface area contributed by atoms with Gasteiger partial charge in [0.25, 0.3) is 5.91 Å². The molecule has 1 fully saturated rings. The van der Waals surface area contributed by atoms with Crippen molar-refractivity contribution in [3.63, 3.8) is 0 Å². The number of rotatable bonds is 4. The third-order valence-corrected chi connectivity index (χ3v) is 4.74. The predicted octanol–water partition coefficient (Wildman–Crippen LogP) is 1.29. The molecule has 0 saturated carbocycles. The number of hydrogen-bond acceptors (Lipinski definition) is 3. The minimum absolute atomic E-state index is 0.0180. The Morgan fingerprint density at radius 2 is 2.13 bits per heavy atom. The second-order valence-electron chi connectivity index (χ2n) is 6.26. The van der Waals surface area contributed by atoms with E-state index in [2.05, 4.69) is 10.6 Å². The number of carbonyl (C=O) groups is 3. The highest BCUT2D eigenvalue weighted by Gasteiger charge is 2.55. The van der Waals surface area contributed by atoms with Crippen molar-refractivity contribution in [3.05, 3.63) is 35.4 Å². The van der Waals surface area contributed by atoms with Crippen molar-refractivity contribution < 1.29 is 14.4 Å². The van der Waals surface area contributed by atoms with Crippen LogP contribution in [-0.2, 0) is 21.5 Å². The highest BCUT2D eigenvalue weighted by Crippen LogP contribution is 2.41. The lowest BCUT2D eigenvalue weighted by Crippen LogP contribution is -2.45. The van der Waals surface area contributed by atoms with Gasteiger partial charge >= 0.3 is 6.03 Å². The van der Waals surface area contributed by atoms with E-state index in [0.29, 0.717) is 6.42 Å². The lowest BCUT2D eigenvalue weighted by molar-refractivity contribution is -0.135. The minimum Gasteiger partial charge on any atom is -0.352 e. The van der Waals surface area contributed by atoms with Crippen molar-refractivity contribution in [2.45, 2.75) is 44.7 Å². The molecule has 23 heavy (non-hydrogen) atoms. The molecule has 1 heterocycles. The lowest BCUT2D eigenvalue weighted by Gasteiger charge is -2.22. The van der Waals surface area contributed by atoms with Crippen LogP contribution in [0.2, 0.25) is 0 Å². The Morgan fingerprint density at radius 1 is 1.39 bits per heavy atom. The maximum absolute atomic E-state index is 12.9. The van der Waals surface area contributed by atoms with E-state index in [0.717, 1.165) is 28.9 Å². The van der Waals surface area contributed by atoms with Gasteiger partial charge in [-0.3, -0.25) is 14.5 Å². The smallest absolute Gasteiger partial charge is 0.325 e. The summed E-state index contributed by atoms with van der Waals surface area (Å²) in [5.74, 6) is -0.641. The van der Waals surface area contributed by atoms with Crippen LogP contribution in [0.15, 0.2) is 24.3 Å². The summed E-state index contributed by atoms with van der Waals surface area (Å²) in [6.07, 6.45) is 2.08. The summed E-state index contributed by atoms with van der Waals surface area (Å²) in [6.45, 7) is 3.61. The van der Waals surface area contributed by atoms with Crippen molar-refractivity contribution >= 4 is 17.8 Å². The second kappa shape index (κ2) is 5.68. The summed E-state index contributed by atoms with van der Waals surface area (Å²) in [5, 5.41) is 5.60. The first-order valence-electron chi connectivity index (χ1n) is 8.00. The van der Waals surface area contributed by atoms with E-state index >= 15 is 0 Å². The SMILES string of the molecule is CCC(C)NC(=O)CN1C(=O)NC2(CCc3ccccc32)C1=O. The maximum atomic E-state index is 12.9. The Labute approximate surface area is 135 Å². The summed E-state index contributed by atoms with van der Waals surface area (Å²) in [7, 11) is 0. The predicted molar refractivity (Wildman–Crippen MR) is 84.6 cm³/mol. The molecular weight excluding hydrogens is 294 g/mol. The molecule has 1 saturated heterocycles. The van der Waals surface area contributed by atoms with Crippen LogP contribution in [0.1, 0.15) is 37.8 Å². The molecule has 1 aromatic rings. The molecule has 3 rings (SSSR count). The van der Waals surface area contributed by atoms with Crippen LogP contribution < -0.4 is 10.6 Å². The fraction of sp³-hybridized carbons (Fsp3) is 0.471. The van der Waals surface area contributed by atoms with Gasteiger partial charge in [0.1, 0.15) is 12.1 Å². The first kappa shape index (κ1) is 15.5. The van der Waals surface area contributed by atoms with E-state index < -0.39 is 11.6 Å². The van der Waals surface area contributed by atoms with Crippen LogP contribution in [0.5, 0.6) is 0 Å². The van der Waals surface area contributed by atoms with Crippen LogP contribution in [0.3, 0.4) is 0 Å². The Bertz CT molecular complexity index is 673. The van der Waals surface area contributed by atoms with Gasteiger partial charge in [0.2, 0.25) is 5.91 Å². The summed E-state index contributed by atoms with van der Waals surface area (Å²) >= 11 is 0. The van der Waals surface area contributed by atoms with Gasteiger partial charge in [-0.15, -0.1) is 0 Å². The fourth-order valence-corrected chi connectivity index (χ4v) is 3.30. The third-order valence-electron chi connectivity index (χ3n) is 4.74. The molecular formula is C17H21N3O3. The summed E-state index contributed by atoms with van der Waals surface area (Å²) in [5.41, 5.74) is 0.930. The monoisotopic (exact) mass is 315 g/mol. The number of urea groups is 1. The van der Waals surface area contributed by atoms with Crippen LogP contribution in [0, 0.1) is 0 Å². The molecule has 4 amide bonds. The number of fused-ring (bicyclic) bond motifs is 2. The molecule has 0 aromatic heterocycles. The van der Waals surface area contributed by atoms with E-state index in [9.17, 15) is 14.4 Å². The van der Waals surface area contributed by atoms with Crippen molar-refractivity contribution in [3.8, 4) is 0 Å². The van der Waals surface area contributed by atoms with Crippen molar-refractivity contribution in [1.82, 2.24) is 15.5 Å². The van der Waals surface area contributed by atoms with Crippen LogP contribution >= 0.6 is 0 Å². The Morgan fingerprint density at radius 3 is 2.87 bits per heavy atom. The zero-order chi connectivity index (χ0) is 16.6. The Hall–Kier alpha value is -2.37. The molecule has 1 spiro atoms. The van der Waals surface area contributed by atoms with Crippen molar-refractivity contribution in [2.75, 3.05) is 6.54 Å². The summed E-state index contributed by atoms with van der Waals surface area (Å²) < 4.78 is 0. The average Bonchev–Trinajstić information content (AvgIpc) is 3.02. The lowest BCUT2D eigenvalue weighted by atomic mass is 9.92. The van der Waals surface area contributed by atoms with E-state index in [1.54, 1.807) is 0 Å². The topological polar surface area (TPSA) is 78.5 Å². The summed E-state index contributed by atoms with van der Waals surface area (Å²) in [6, 6.07) is 7.17. The number of hydrogen-bond donors (Lipinski definition) is 2. The average molecular weight is 315 g/mol. The molecule has 1 aliphatic heterocycles. The van der Waals surface area contributed by atoms with Gasteiger partial charge in [-0.25, -0.2) is 4.79 Å². The number of benzene rings is 1. The van der Waals surface area contributed by atoms with E-state index in [1.165, 1.54) is 0 Å². The molecule has 122 valence electrons. The van der Waals surface area contributed by atoms with Gasteiger partial charge in [0.05, 0.1) is 0 Å². The van der Waals surface area contributed by atoms with Crippen LogP contribution in [0.25, 0.3) is 0 Å². The van der Waals surface area contributed by atoms with Gasteiger partial charge in [0, 0.05) is 6.04 Å². The standard InChI is InChI=1S/C17H21N3O3/c1-3-11(2)18-14(21)10-20-15(22)17(19-16(20)23)9-8-12-6-4-5-7-13(12)17/h4-7,11H,3,8-10H2,1-2H3,(H,18,21)(H,19,23). The van der Waals surface area contributed by atoms with Gasteiger partial charge in [-0.1, -0.05) is 31.2 Å². The second-order valence-corrected chi connectivity index (χ2v) is 6.26. The highest BCUT2D eigenvalue weighted by atomic mass is 16.2. The fourth-order valence-electron chi connectivity index (χ4n) is 3.30. The molecule has 1 aromatic carbocycles. The number of carbonyl (C=O) groups excluding carboxylic acids is 3. The number of amides is 4. The quantitative estimate of drug-likeness (QED) is 0.822. The van der Waals surface area contributed by atoms with E-state index in [4.69, 9.17) is 0 Å². The number of aryl methyl sites for hydroxylation is 1. The molecule has 0 radical (unpaired) electrons. The van der Waals surface area contributed by atoms with Gasteiger partial charge in [0.15, 0.2) is 0 Å². The van der Waals surface area contributed by atoms with Crippen LogP contribution in [0.4, 0.5) is 4.79 Å². The highest BCUT2D eigenvalue weighted by molar-refractivity contribution is 6.09. The number of imide groups is 1. The molecule has 0 bridgehead atoms. The normalized spacial score (nSPS) is 23.8. The molecule has 6 nitrogen and oxygen atoms in total. The number of nitrogens with zero attached hydrogens (tertiary/aromatic N) is 1. The summed E-state index contributed by atoms with van der Waals surface area (Å²) in [4.78, 5) is 38.2. The van der Waals surface area contributed by atoms with Crippen molar-refractivity contribution in [2.24, 2.45) is 0 Å². The van der Waals surface area contributed by atoms with Crippen LogP contribution in [-0.4, -0.2) is 35.3 Å². The minimum atomic E-state index is -0.996. The van der Waals surface area contributed by atoms with Crippen molar-refractivity contribution in [1.29, 1.82) is 0 Å². The largest absolute Gasteiger partial charge is 0.352 e. The molecule has 2 atom stereocenters. The van der Waals surface area contributed by atoms with Gasteiger partial charge < -0.3 is 10.6 Å². The number of nitrogens with one attached hydrogen (secondary N) is 2. The third kappa shape index (κ3) is 2.48. The first-order chi connectivity index (χ1) is 11.0. The van der Waals surface area contributed by atoms with Gasteiger partial charge in [-0.2, -0.15) is 0 Å². The molecule has 6 heteroatoms.